The summed E-state index contributed by atoms with van der Waals surface area (Å²) in [4.78, 5) is 126. The minimum Gasteiger partial charge on any atom is -0.480 e. The number of carbonyl (C=O) groups excluding carboxylic acids is 8. The maximum Gasteiger partial charge on any atom is 0.326 e. The Kier molecular flexibility index (Phi) is 32.0. The molecule has 0 saturated heterocycles. The number of guanidine groups is 1. The maximum absolute atomic E-state index is 14.3. The van der Waals surface area contributed by atoms with Gasteiger partial charge in [-0.3, -0.25) is 43.3 Å². The molecule has 0 fully saturated rings. The first-order chi connectivity index (χ1) is 33.5. The van der Waals surface area contributed by atoms with Crippen molar-refractivity contribution in [2.24, 2.45) is 63.4 Å². The number of carbonyl (C=O) groups is 9. The second kappa shape index (κ2) is 34.7. The molecule has 0 bridgehead atoms. The Hall–Kier alpha value is -5.58. The van der Waals surface area contributed by atoms with Crippen LogP contribution in [0.5, 0.6) is 0 Å². The fraction of sp³-hybridized carbons (Fsp3) is 0.796. The molecule has 0 radical (unpaired) electrons. The van der Waals surface area contributed by atoms with Crippen LogP contribution in [-0.4, -0.2) is 132 Å². The van der Waals surface area contributed by atoms with Crippen LogP contribution in [0.25, 0.3) is 0 Å². The van der Waals surface area contributed by atoms with Gasteiger partial charge in [-0.25, -0.2) is 4.79 Å². The molecule has 0 saturated carbocycles. The molecule has 0 aliphatic rings. The zero-order valence-corrected chi connectivity index (χ0v) is 45.2. The van der Waals surface area contributed by atoms with E-state index in [1.54, 1.807) is 13.8 Å². The van der Waals surface area contributed by atoms with Gasteiger partial charge in [0.2, 0.25) is 47.3 Å². The van der Waals surface area contributed by atoms with E-state index < -0.39 is 107 Å². The third-order valence-corrected chi connectivity index (χ3v) is 11.3. The smallest absolute Gasteiger partial charge is 0.326 e. The molecule has 0 heterocycles. The number of amides is 8. The number of hydrogen-bond acceptors (Lipinski definition) is 12. The highest BCUT2D eigenvalue weighted by atomic mass is 16.4. The molecular formula is C49H93N13O10. The molecular weight excluding hydrogens is 931 g/mol. The first kappa shape index (κ1) is 66.4. The van der Waals surface area contributed by atoms with E-state index in [1.807, 2.05) is 69.2 Å². The molecule has 0 aromatic carbocycles. The van der Waals surface area contributed by atoms with Crippen LogP contribution in [-0.2, 0) is 43.2 Å². The second-order valence-corrected chi connectivity index (χ2v) is 21.1. The Morgan fingerprint density at radius 3 is 0.986 bits per heavy atom. The van der Waals surface area contributed by atoms with E-state index in [4.69, 9.17) is 22.9 Å². The number of nitrogens with zero attached hydrogens (tertiary/aromatic N) is 1. The van der Waals surface area contributed by atoms with Gasteiger partial charge in [-0.2, -0.15) is 0 Å². The van der Waals surface area contributed by atoms with Crippen molar-refractivity contribution < 1.29 is 48.3 Å². The first-order valence-corrected chi connectivity index (χ1v) is 25.6. The first-order valence-electron chi connectivity index (χ1n) is 25.6. The van der Waals surface area contributed by atoms with Crippen LogP contribution in [0, 0.1) is 35.5 Å². The average molecular weight is 1020 g/mol. The molecule has 0 rings (SSSR count). The standard InChI is InChI=1S/C49H93N13O10/c1-26(2)20-34(55-39(63)25-51)43(66)57-33(17-15-19-54-49(52)53)41(64)58-36(22-28(5)6)45(68)60-38(24-30(9)10)47(70)61-37(23-29(7)8)46(69)59-35(21-27(3)4)44(67)56-32(16-13-14-18-50)42(65)62-40(31(11)12)48(71)72/h26-38,40H,13-25,50-51H2,1-12H3,(H,55,63)(H,56,67)(H,57,66)(H,58,64)(H,59,69)(H,60,68)(H,61,70)(H,62,65)(H,71,72)(H4,52,53,54)/t32-,33-,34-,35-,36-,37-,38-,40-/m0/s1. The van der Waals surface area contributed by atoms with Crippen molar-refractivity contribution in [1.82, 2.24) is 42.5 Å². The summed E-state index contributed by atoms with van der Waals surface area (Å²) < 4.78 is 0. The van der Waals surface area contributed by atoms with E-state index in [9.17, 15) is 48.3 Å². The second-order valence-electron chi connectivity index (χ2n) is 21.1. The summed E-state index contributed by atoms with van der Waals surface area (Å²) in [6, 6.07) is -9.26. The lowest BCUT2D eigenvalue weighted by Crippen LogP contribution is -2.60. The van der Waals surface area contributed by atoms with Crippen LogP contribution in [0.2, 0.25) is 0 Å². The van der Waals surface area contributed by atoms with E-state index in [2.05, 4.69) is 47.5 Å². The normalized spacial score (nSPS) is 14.8. The number of unbranched alkanes of at least 4 members (excludes halogenated alkanes) is 1. The maximum atomic E-state index is 14.3. The predicted molar refractivity (Wildman–Crippen MR) is 277 cm³/mol. The lowest BCUT2D eigenvalue weighted by atomic mass is 9.97. The van der Waals surface area contributed by atoms with Crippen molar-refractivity contribution in [3.8, 4) is 0 Å². The Morgan fingerprint density at radius 2 is 0.708 bits per heavy atom. The fourth-order valence-corrected chi connectivity index (χ4v) is 7.70. The number of aliphatic imine (C=N–C) groups is 1. The van der Waals surface area contributed by atoms with Crippen LogP contribution in [0.15, 0.2) is 4.99 Å². The number of nitrogens with two attached hydrogens (primary N) is 4. The van der Waals surface area contributed by atoms with E-state index in [0.29, 0.717) is 19.4 Å². The SMILES string of the molecule is CC(C)C[C@H](NC(=O)CN)C(=O)N[C@@H](CCCN=C(N)N)C(=O)N[C@@H](CC(C)C)C(=O)N[C@@H](CC(C)C)C(=O)N[C@@H](CC(C)C)C(=O)N[C@@H](CC(C)C)C(=O)N[C@@H](CCCCN)C(=O)N[C@H](C(=O)O)C(C)C. The van der Waals surface area contributed by atoms with E-state index >= 15 is 0 Å². The lowest BCUT2D eigenvalue weighted by Gasteiger charge is -2.30. The summed E-state index contributed by atoms with van der Waals surface area (Å²) in [5.41, 5.74) is 22.2. The predicted octanol–water partition coefficient (Wildman–Crippen LogP) is -0.0228. The minimum absolute atomic E-state index is 0.0189. The minimum atomic E-state index is -1.23. The van der Waals surface area contributed by atoms with E-state index in [0.717, 1.165) is 0 Å². The van der Waals surface area contributed by atoms with Crippen molar-refractivity contribution in [3.05, 3.63) is 0 Å². The van der Waals surface area contributed by atoms with Gasteiger partial charge in [0.15, 0.2) is 5.96 Å². The van der Waals surface area contributed by atoms with Crippen LogP contribution in [0.4, 0.5) is 0 Å². The third-order valence-electron chi connectivity index (χ3n) is 11.3. The van der Waals surface area contributed by atoms with Crippen LogP contribution in [0.1, 0.15) is 147 Å². The van der Waals surface area contributed by atoms with Crippen molar-refractivity contribution in [3.63, 3.8) is 0 Å². The van der Waals surface area contributed by atoms with Crippen LogP contribution < -0.4 is 65.5 Å². The van der Waals surface area contributed by atoms with Gasteiger partial charge in [-0.15, -0.1) is 0 Å². The van der Waals surface area contributed by atoms with Gasteiger partial charge in [0.1, 0.15) is 48.3 Å². The molecule has 0 aromatic rings. The largest absolute Gasteiger partial charge is 0.480 e. The number of rotatable bonds is 36. The monoisotopic (exact) mass is 1020 g/mol. The molecule has 8 atom stereocenters. The molecule has 0 spiro atoms. The Morgan fingerprint density at radius 1 is 0.417 bits per heavy atom. The van der Waals surface area contributed by atoms with E-state index in [1.165, 1.54) is 0 Å². The van der Waals surface area contributed by atoms with Crippen molar-refractivity contribution in [2.75, 3.05) is 19.6 Å². The van der Waals surface area contributed by atoms with Gasteiger partial charge >= 0.3 is 5.97 Å². The molecule has 0 unspecified atom stereocenters. The molecule has 8 amide bonds. The number of carboxylic acid groups (broad SMARTS) is 1. The molecule has 0 aromatic heterocycles. The van der Waals surface area contributed by atoms with Crippen LogP contribution >= 0.6 is 0 Å². The highest BCUT2D eigenvalue weighted by Gasteiger charge is 2.36. The van der Waals surface area contributed by atoms with Crippen molar-refractivity contribution in [1.29, 1.82) is 0 Å². The van der Waals surface area contributed by atoms with Crippen molar-refractivity contribution >= 4 is 59.2 Å². The number of aliphatic carboxylic acids is 1. The van der Waals surface area contributed by atoms with Gasteiger partial charge in [0.25, 0.3) is 0 Å². The Bertz CT molecular complexity index is 1770. The lowest BCUT2D eigenvalue weighted by molar-refractivity contribution is -0.143. The van der Waals surface area contributed by atoms with Gasteiger partial charge in [0, 0.05) is 6.54 Å². The van der Waals surface area contributed by atoms with Gasteiger partial charge < -0.3 is 70.6 Å². The van der Waals surface area contributed by atoms with E-state index in [-0.39, 0.29) is 100 Å². The summed E-state index contributed by atoms with van der Waals surface area (Å²) in [6.07, 6.45) is 2.27. The summed E-state index contributed by atoms with van der Waals surface area (Å²) in [5, 5.41) is 31.4. The topological polar surface area (TPSA) is 387 Å². The quantitative estimate of drug-likeness (QED) is 0.0223. The number of hydrogen-bond donors (Lipinski definition) is 13. The zero-order valence-electron chi connectivity index (χ0n) is 45.2. The Labute approximate surface area is 427 Å². The Balaban J connectivity index is 6.75. The molecule has 17 N–H and O–H groups in total. The van der Waals surface area contributed by atoms with Gasteiger partial charge in [-0.1, -0.05) is 83.1 Å². The summed E-state index contributed by atoms with van der Waals surface area (Å²) in [7, 11) is 0. The molecule has 23 heteroatoms. The fourth-order valence-electron chi connectivity index (χ4n) is 7.70. The molecule has 23 nitrogen and oxygen atoms in total. The third kappa shape index (κ3) is 27.9. The van der Waals surface area contributed by atoms with Gasteiger partial charge in [-0.05, 0) is 106 Å². The highest BCUT2D eigenvalue weighted by Crippen LogP contribution is 2.15. The average Bonchev–Trinajstić information content (AvgIpc) is 3.26. The summed E-state index contributed by atoms with van der Waals surface area (Å²) in [5.74, 6) is -7.71. The number of carboxylic acids is 1. The summed E-state index contributed by atoms with van der Waals surface area (Å²) in [6.45, 7) is 21.9. The van der Waals surface area contributed by atoms with Gasteiger partial charge in [0.05, 0.1) is 6.54 Å². The highest BCUT2D eigenvalue weighted by molar-refractivity contribution is 5.98. The zero-order chi connectivity index (χ0) is 55.4. The van der Waals surface area contributed by atoms with Crippen LogP contribution in [0.3, 0.4) is 0 Å². The molecule has 72 heavy (non-hydrogen) atoms. The summed E-state index contributed by atoms with van der Waals surface area (Å²) >= 11 is 0. The molecule has 0 aliphatic heterocycles. The molecule has 414 valence electrons. The molecule has 0 aliphatic carbocycles. The van der Waals surface area contributed by atoms with Crippen molar-refractivity contribution in [2.45, 2.75) is 196 Å². The number of nitrogens with one attached hydrogen (secondary N) is 8.